The second-order valence-electron chi connectivity index (χ2n) is 6.71. The fourth-order valence-corrected chi connectivity index (χ4v) is 3.10. The third-order valence-corrected chi connectivity index (χ3v) is 4.67. The van der Waals surface area contributed by atoms with Crippen LogP contribution in [0.4, 0.5) is 13.2 Å². The van der Waals surface area contributed by atoms with Crippen LogP contribution in [0.15, 0.2) is 59.4 Å². The van der Waals surface area contributed by atoms with E-state index in [2.05, 4.69) is 10.4 Å². The molecule has 0 aliphatic carbocycles. The summed E-state index contributed by atoms with van der Waals surface area (Å²) >= 11 is 5.96. The zero-order valence-corrected chi connectivity index (χ0v) is 16.8. The third-order valence-electron chi connectivity index (χ3n) is 4.44. The lowest BCUT2D eigenvalue weighted by atomic mass is 10.1. The van der Waals surface area contributed by atoms with Crippen molar-refractivity contribution < 1.29 is 18.0 Å². The summed E-state index contributed by atoms with van der Waals surface area (Å²) in [5.74, 6) is -0.742. The third kappa shape index (κ3) is 4.71. The molecule has 1 atom stereocenters. The minimum Gasteiger partial charge on any atom is -0.344 e. The van der Waals surface area contributed by atoms with Crippen LogP contribution in [0, 0.1) is 6.92 Å². The first-order valence-electron chi connectivity index (χ1n) is 8.91. The van der Waals surface area contributed by atoms with Crippen molar-refractivity contribution in [1.82, 2.24) is 15.1 Å². The SMILES string of the molecule is Cc1cc(=O)c(C(=O)NC(C)c2cccc(Cl)c2)nn1-c1cccc(C(F)(F)F)c1. The van der Waals surface area contributed by atoms with Crippen LogP contribution in [0.25, 0.3) is 5.69 Å². The molecule has 0 aliphatic rings. The van der Waals surface area contributed by atoms with Crippen molar-refractivity contribution in [2.75, 3.05) is 0 Å². The Hall–Kier alpha value is -3.13. The van der Waals surface area contributed by atoms with Crippen molar-refractivity contribution in [3.8, 4) is 5.69 Å². The molecule has 0 spiro atoms. The van der Waals surface area contributed by atoms with Gasteiger partial charge in [0.15, 0.2) is 5.69 Å². The van der Waals surface area contributed by atoms with E-state index < -0.39 is 34.8 Å². The van der Waals surface area contributed by atoms with Crippen LogP contribution in [-0.2, 0) is 6.18 Å². The quantitative estimate of drug-likeness (QED) is 0.645. The highest BCUT2D eigenvalue weighted by atomic mass is 35.5. The second kappa shape index (κ2) is 8.31. The van der Waals surface area contributed by atoms with Crippen LogP contribution in [0.5, 0.6) is 0 Å². The molecule has 0 aliphatic heterocycles. The molecule has 0 saturated carbocycles. The van der Waals surface area contributed by atoms with E-state index in [-0.39, 0.29) is 5.69 Å². The van der Waals surface area contributed by atoms with Gasteiger partial charge in [0.2, 0.25) is 5.43 Å². The largest absolute Gasteiger partial charge is 0.416 e. The van der Waals surface area contributed by atoms with E-state index in [4.69, 9.17) is 11.6 Å². The molecule has 9 heteroatoms. The second-order valence-corrected chi connectivity index (χ2v) is 7.15. The number of rotatable bonds is 4. The zero-order valence-electron chi connectivity index (χ0n) is 16.0. The number of nitrogens with zero attached hydrogens (tertiary/aromatic N) is 2. The van der Waals surface area contributed by atoms with Gasteiger partial charge in [-0.15, -0.1) is 0 Å². The highest BCUT2D eigenvalue weighted by Gasteiger charge is 2.30. The molecule has 1 N–H and O–H groups in total. The number of amides is 1. The number of aryl methyl sites for hydroxylation is 1. The lowest BCUT2D eigenvalue weighted by Gasteiger charge is -2.16. The van der Waals surface area contributed by atoms with Gasteiger partial charge in [0.05, 0.1) is 17.3 Å². The molecule has 1 amide bonds. The summed E-state index contributed by atoms with van der Waals surface area (Å²) in [7, 11) is 0. The fourth-order valence-electron chi connectivity index (χ4n) is 2.90. The van der Waals surface area contributed by atoms with E-state index in [1.807, 2.05) is 0 Å². The van der Waals surface area contributed by atoms with Crippen molar-refractivity contribution in [3.63, 3.8) is 0 Å². The summed E-state index contributed by atoms with van der Waals surface area (Å²) in [6, 6.07) is 12.0. The number of carbonyl (C=O) groups excluding carboxylic acids is 1. The highest BCUT2D eigenvalue weighted by molar-refractivity contribution is 6.30. The van der Waals surface area contributed by atoms with E-state index in [1.54, 1.807) is 31.2 Å². The molecule has 1 unspecified atom stereocenters. The summed E-state index contributed by atoms with van der Waals surface area (Å²) in [5.41, 5.74) is -0.821. The Balaban J connectivity index is 1.95. The maximum absolute atomic E-state index is 13.0. The Bertz CT molecular complexity index is 1160. The molecule has 5 nitrogen and oxygen atoms in total. The van der Waals surface area contributed by atoms with Gasteiger partial charge in [-0.25, -0.2) is 4.68 Å². The first-order chi connectivity index (χ1) is 14.1. The number of hydrogen-bond acceptors (Lipinski definition) is 3. The standard InChI is InChI=1S/C21H17ClF3N3O2/c1-12-9-18(29)19(20(30)26-13(2)14-5-3-7-16(22)10-14)27-28(12)17-8-4-6-15(11-17)21(23,24)25/h3-11,13H,1-2H3,(H,26,30). The topological polar surface area (TPSA) is 64.0 Å². The maximum Gasteiger partial charge on any atom is 0.416 e. The molecule has 3 aromatic rings. The molecule has 1 aromatic heterocycles. The Morgan fingerprint density at radius 3 is 2.50 bits per heavy atom. The van der Waals surface area contributed by atoms with E-state index in [0.29, 0.717) is 10.7 Å². The van der Waals surface area contributed by atoms with Crippen LogP contribution in [0.3, 0.4) is 0 Å². The number of alkyl halides is 3. The molecule has 1 heterocycles. The maximum atomic E-state index is 13.0. The molecule has 156 valence electrons. The summed E-state index contributed by atoms with van der Waals surface area (Å²) in [6.45, 7) is 3.23. The van der Waals surface area contributed by atoms with E-state index in [1.165, 1.54) is 19.1 Å². The fraction of sp³-hybridized carbons (Fsp3) is 0.190. The smallest absolute Gasteiger partial charge is 0.344 e. The van der Waals surface area contributed by atoms with Gasteiger partial charge >= 0.3 is 6.18 Å². The van der Waals surface area contributed by atoms with Gasteiger partial charge in [-0.2, -0.15) is 18.3 Å². The Kier molecular flexibility index (Phi) is 5.98. The highest BCUT2D eigenvalue weighted by Crippen LogP contribution is 2.30. The van der Waals surface area contributed by atoms with Crippen molar-refractivity contribution in [3.05, 3.63) is 92.4 Å². The minimum atomic E-state index is -4.53. The van der Waals surface area contributed by atoms with Gasteiger partial charge in [0.1, 0.15) is 0 Å². The van der Waals surface area contributed by atoms with Gasteiger partial charge in [-0.05, 0) is 49.7 Å². The molecule has 2 aromatic carbocycles. The van der Waals surface area contributed by atoms with Crippen molar-refractivity contribution in [2.45, 2.75) is 26.1 Å². The number of benzene rings is 2. The summed E-state index contributed by atoms with van der Waals surface area (Å²) in [4.78, 5) is 25.0. The molecule has 0 bridgehead atoms. The number of nitrogens with one attached hydrogen (secondary N) is 1. The average molecular weight is 436 g/mol. The average Bonchev–Trinajstić information content (AvgIpc) is 2.67. The van der Waals surface area contributed by atoms with Crippen molar-refractivity contribution >= 4 is 17.5 Å². The summed E-state index contributed by atoms with van der Waals surface area (Å²) in [6.07, 6.45) is -4.53. The van der Waals surface area contributed by atoms with Crippen LogP contribution in [0.1, 0.15) is 40.3 Å². The number of halogens is 4. The number of aromatic nitrogens is 2. The normalized spacial score (nSPS) is 12.5. The zero-order chi connectivity index (χ0) is 22.1. The van der Waals surface area contributed by atoms with Crippen molar-refractivity contribution in [2.24, 2.45) is 0 Å². The molecule has 0 radical (unpaired) electrons. The molecule has 30 heavy (non-hydrogen) atoms. The van der Waals surface area contributed by atoms with Gasteiger partial charge < -0.3 is 5.32 Å². The Labute approximate surface area is 175 Å². The molecule has 0 saturated heterocycles. The molecule has 3 rings (SSSR count). The molecular weight excluding hydrogens is 419 g/mol. The number of hydrogen-bond donors (Lipinski definition) is 1. The van der Waals surface area contributed by atoms with Crippen LogP contribution >= 0.6 is 11.6 Å². The lowest BCUT2D eigenvalue weighted by Crippen LogP contribution is -2.33. The van der Waals surface area contributed by atoms with Crippen LogP contribution in [-0.4, -0.2) is 15.7 Å². The van der Waals surface area contributed by atoms with Gasteiger partial charge in [-0.1, -0.05) is 29.8 Å². The number of carbonyl (C=O) groups is 1. The molecular formula is C21H17ClF3N3O2. The first-order valence-corrected chi connectivity index (χ1v) is 9.29. The minimum absolute atomic E-state index is 0.0827. The van der Waals surface area contributed by atoms with Gasteiger partial charge in [-0.3, -0.25) is 9.59 Å². The monoisotopic (exact) mass is 435 g/mol. The Morgan fingerprint density at radius 2 is 1.83 bits per heavy atom. The Morgan fingerprint density at radius 1 is 1.13 bits per heavy atom. The predicted molar refractivity (Wildman–Crippen MR) is 107 cm³/mol. The van der Waals surface area contributed by atoms with Crippen molar-refractivity contribution in [1.29, 1.82) is 0 Å². The first kappa shape index (κ1) is 21.6. The van der Waals surface area contributed by atoms with E-state index in [9.17, 15) is 22.8 Å². The van der Waals surface area contributed by atoms with E-state index in [0.717, 1.165) is 28.4 Å². The van der Waals surface area contributed by atoms with E-state index >= 15 is 0 Å². The van der Waals surface area contributed by atoms with Gasteiger partial charge in [0.25, 0.3) is 5.91 Å². The van der Waals surface area contributed by atoms with Crippen LogP contribution < -0.4 is 10.7 Å². The van der Waals surface area contributed by atoms with Crippen LogP contribution in [0.2, 0.25) is 5.02 Å². The lowest BCUT2D eigenvalue weighted by molar-refractivity contribution is -0.137. The van der Waals surface area contributed by atoms with Gasteiger partial charge in [0, 0.05) is 16.8 Å². The summed E-state index contributed by atoms with van der Waals surface area (Å²) < 4.78 is 40.2. The molecule has 0 fully saturated rings. The predicted octanol–water partition coefficient (Wildman–Crippen LogP) is 4.70. The summed E-state index contributed by atoms with van der Waals surface area (Å²) in [5, 5.41) is 7.18.